The Labute approximate surface area is 202 Å². The lowest BCUT2D eigenvalue weighted by atomic mass is 9.90. The fourth-order valence-corrected chi connectivity index (χ4v) is 6.53. The van der Waals surface area contributed by atoms with Gasteiger partial charge in [-0.3, -0.25) is 0 Å². The predicted octanol–water partition coefficient (Wildman–Crippen LogP) is 3.43. The number of anilines is 1. The number of nitrogens with two attached hydrogens (primary N) is 1. The van der Waals surface area contributed by atoms with E-state index in [1.807, 2.05) is 12.1 Å². The first-order valence-corrected chi connectivity index (χ1v) is 13.8. The summed E-state index contributed by atoms with van der Waals surface area (Å²) in [6.07, 6.45) is 2.61. The van der Waals surface area contributed by atoms with Crippen LogP contribution in [0.1, 0.15) is 63.1 Å². The van der Waals surface area contributed by atoms with E-state index in [1.54, 1.807) is 0 Å². The predicted molar refractivity (Wildman–Crippen MR) is 132 cm³/mol. The minimum Gasteiger partial charge on any atom is -0.396 e. The van der Waals surface area contributed by atoms with E-state index < -0.39 is 33.7 Å². The fraction of sp³-hybridized carbons (Fsp3) is 0.640. The fourth-order valence-electron chi connectivity index (χ4n) is 4.57. The molecule has 4 N–H and O–H groups in total. The third kappa shape index (κ3) is 7.26. The second kappa shape index (κ2) is 10.7. The van der Waals surface area contributed by atoms with Crippen molar-refractivity contribution in [2.24, 2.45) is 11.3 Å². The zero-order chi connectivity index (χ0) is 25.1. The number of unbranched alkanes of at least 4 members (excludes halogenated alkanes) is 1. The van der Waals surface area contributed by atoms with E-state index in [0.717, 1.165) is 30.6 Å². The van der Waals surface area contributed by atoms with Gasteiger partial charge in [0.05, 0.1) is 29.0 Å². The van der Waals surface area contributed by atoms with Gasteiger partial charge in [0.2, 0.25) is 0 Å². The lowest BCUT2D eigenvalue weighted by molar-refractivity contribution is 0.0778. The Morgan fingerprint density at radius 3 is 2.68 bits per heavy atom. The number of hydrogen-bond donors (Lipinski definition) is 3. The maximum Gasteiger partial charge on any atom is 0.152 e. The molecular formula is C25H38FN3O4S. The highest BCUT2D eigenvalue weighted by atomic mass is 32.2. The summed E-state index contributed by atoms with van der Waals surface area (Å²) < 4.78 is 45.1. The Bertz CT molecular complexity index is 1080. The molecule has 0 unspecified atom stereocenters. The molecule has 9 heteroatoms. The third-order valence-corrected chi connectivity index (χ3v) is 8.03. The van der Waals surface area contributed by atoms with E-state index in [9.17, 15) is 17.9 Å². The minimum atomic E-state index is -3.38. The van der Waals surface area contributed by atoms with Crippen molar-refractivity contribution in [2.75, 3.05) is 17.2 Å². The van der Waals surface area contributed by atoms with Gasteiger partial charge in [0, 0.05) is 31.0 Å². The molecule has 0 aliphatic carbocycles. The quantitative estimate of drug-likeness (QED) is 0.456. The van der Waals surface area contributed by atoms with Crippen LogP contribution in [-0.4, -0.2) is 42.3 Å². The second-order valence-electron chi connectivity index (χ2n) is 10.8. The average Bonchev–Trinajstić information content (AvgIpc) is 3.16. The van der Waals surface area contributed by atoms with Gasteiger partial charge in [0.1, 0.15) is 11.6 Å². The van der Waals surface area contributed by atoms with E-state index in [-0.39, 0.29) is 35.6 Å². The van der Waals surface area contributed by atoms with Crippen LogP contribution >= 0.6 is 0 Å². The number of nitrogen functional groups attached to an aromatic ring is 1. The molecule has 7 nitrogen and oxygen atoms in total. The van der Waals surface area contributed by atoms with Crippen LogP contribution in [0.5, 0.6) is 0 Å². The standard InChI is InChI=1S/C25H38FN3O4S/c1-5-6-7-17-8-16(10-21(26)23(17)27)9-18-14-34(31,32)15-22(24(18)30)28-13-19-11-20(33-29-19)12-25(2,3)4/h8,10-11,18,22,24,28,30H,5-7,9,12-15,27H2,1-4H3/t18-,22+,24+/m1/s1. The highest BCUT2D eigenvalue weighted by Crippen LogP contribution is 2.28. The molecule has 34 heavy (non-hydrogen) atoms. The zero-order valence-corrected chi connectivity index (χ0v) is 21.4. The van der Waals surface area contributed by atoms with Crippen molar-refractivity contribution in [3.05, 3.63) is 46.6 Å². The van der Waals surface area contributed by atoms with E-state index in [4.69, 9.17) is 10.3 Å². The summed E-state index contributed by atoms with van der Waals surface area (Å²) in [5.41, 5.74) is 8.15. The van der Waals surface area contributed by atoms with Crippen LogP contribution in [-0.2, 0) is 35.6 Å². The molecule has 0 bridgehead atoms. The first kappa shape index (κ1) is 26.6. The van der Waals surface area contributed by atoms with Gasteiger partial charge in [-0.1, -0.05) is 45.3 Å². The molecule has 3 rings (SSSR count). The van der Waals surface area contributed by atoms with Gasteiger partial charge >= 0.3 is 0 Å². The van der Waals surface area contributed by atoms with Gasteiger partial charge in [-0.25, -0.2) is 12.8 Å². The monoisotopic (exact) mass is 495 g/mol. The number of aliphatic hydroxyl groups excluding tert-OH is 1. The van der Waals surface area contributed by atoms with Crippen molar-refractivity contribution in [1.29, 1.82) is 0 Å². The maximum absolute atomic E-state index is 14.4. The van der Waals surface area contributed by atoms with Crippen LogP contribution in [0.4, 0.5) is 10.1 Å². The number of aliphatic hydroxyl groups is 1. The number of sulfone groups is 1. The van der Waals surface area contributed by atoms with E-state index in [1.165, 1.54) is 6.07 Å². The highest BCUT2D eigenvalue weighted by molar-refractivity contribution is 7.91. The van der Waals surface area contributed by atoms with Crippen molar-refractivity contribution in [3.63, 3.8) is 0 Å². The maximum atomic E-state index is 14.4. The molecule has 190 valence electrons. The van der Waals surface area contributed by atoms with Crippen molar-refractivity contribution < 1.29 is 22.4 Å². The minimum absolute atomic E-state index is 0.0586. The molecule has 0 saturated carbocycles. The van der Waals surface area contributed by atoms with Crippen molar-refractivity contribution >= 4 is 15.5 Å². The SMILES string of the molecule is CCCCc1cc(C[C@@H]2CS(=O)(=O)C[C@H](NCc3cc(CC(C)(C)C)on3)[C@H]2O)cc(F)c1N. The Balaban J connectivity index is 1.70. The van der Waals surface area contributed by atoms with Crippen LogP contribution in [0.25, 0.3) is 0 Å². The van der Waals surface area contributed by atoms with Crippen LogP contribution in [0.15, 0.2) is 22.7 Å². The smallest absolute Gasteiger partial charge is 0.152 e. The number of nitrogens with zero attached hydrogens (tertiary/aromatic N) is 1. The van der Waals surface area contributed by atoms with Crippen molar-refractivity contribution in [3.8, 4) is 0 Å². The molecule has 0 radical (unpaired) electrons. The topological polar surface area (TPSA) is 118 Å². The Morgan fingerprint density at radius 1 is 1.26 bits per heavy atom. The number of hydrogen-bond acceptors (Lipinski definition) is 7. The molecule has 1 fully saturated rings. The zero-order valence-electron chi connectivity index (χ0n) is 20.6. The summed E-state index contributed by atoms with van der Waals surface area (Å²) >= 11 is 0. The number of halogens is 1. The van der Waals surface area contributed by atoms with E-state index in [2.05, 4.69) is 38.2 Å². The molecule has 3 atom stereocenters. The molecule has 1 aromatic carbocycles. The van der Waals surface area contributed by atoms with E-state index in [0.29, 0.717) is 17.7 Å². The van der Waals surface area contributed by atoms with E-state index >= 15 is 0 Å². The molecular weight excluding hydrogens is 457 g/mol. The molecule has 0 amide bonds. The van der Waals surface area contributed by atoms with Gasteiger partial charge in [-0.15, -0.1) is 0 Å². The molecule has 0 spiro atoms. The van der Waals surface area contributed by atoms with Crippen LogP contribution in [0, 0.1) is 17.2 Å². The van der Waals surface area contributed by atoms with Crippen LogP contribution < -0.4 is 11.1 Å². The normalized spacial score (nSPS) is 22.7. The lowest BCUT2D eigenvalue weighted by Gasteiger charge is -2.35. The summed E-state index contributed by atoms with van der Waals surface area (Å²) in [6, 6.07) is 4.41. The second-order valence-corrected chi connectivity index (χ2v) is 12.9. The number of nitrogens with one attached hydrogen (secondary N) is 1. The Kier molecular flexibility index (Phi) is 8.42. The van der Waals surface area contributed by atoms with Gasteiger partial charge < -0.3 is 20.7 Å². The van der Waals surface area contributed by atoms with Crippen molar-refractivity contribution in [2.45, 2.75) is 78.5 Å². The summed E-state index contributed by atoms with van der Waals surface area (Å²) in [4.78, 5) is 0. The Hall–Kier alpha value is -1.97. The van der Waals surface area contributed by atoms with Crippen LogP contribution in [0.2, 0.25) is 0 Å². The first-order chi connectivity index (χ1) is 15.9. The van der Waals surface area contributed by atoms with Gasteiger partial charge in [-0.2, -0.15) is 0 Å². The van der Waals surface area contributed by atoms with Crippen molar-refractivity contribution in [1.82, 2.24) is 10.5 Å². The molecule has 1 saturated heterocycles. The molecule has 2 aromatic rings. The molecule has 1 aromatic heterocycles. The first-order valence-electron chi connectivity index (χ1n) is 12.0. The van der Waals surface area contributed by atoms with Gasteiger partial charge in [0.25, 0.3) is 0 Å². The number of aryl methyl sites for hydroxylation is 1. The molecule has 1 aliphatic rings. The van der Waals surface area contributed by atoms with Gasteiger partial charge in [0.15, 0.2) is 9.84 Å². The highest BCUT2D eigenvalue weighted by Gasteiger charge is 2.39. The lowest BCUT2D eigenvalue weighted by Crippen LogP contribution is -2.54. The third-order valence-electron chi connectivity index (χ3n) is 6.23. The number of benzene rings is 1. The summed E-state index contributed by atoms with van der Waals surface area (Å²) in [5, 5.41) is 18.2. The van der Waals surface area contributed by atoms with Crippen LogP contribution in [0.3, 0.4) is 0 Å². The average molecular weight is 496 g/mol. The summed E-state index contributed by atoms with van der Waals surface area (Å²) in [6.45, 7) is 8.66. The van der Waals surface area contributed by atoms with Gasteiger partial charge in [-0.05, 0) is 41.9 Å². The largest absolute Gasteiger partial charge is 0.396 e. The summed E-state index contributed by atoms with van der Waals surface area (Å²) in [5.74, 6) is -0.573. The molecule has 2 heterocycles. The molecule has 1 aliphatic heterocycles. The number of rotatable bonds is 9. The summed E-state index contributed by atoms with van der Waals surface area (Å²) in [7, 11) is -3.38. The Morgan fingerprint density at radius 2 is 2.00 bits per heavy atom. The number of aromatic nitrogens is 1.